The molecule has 0 aromatic heterocycles. The predicted octanol–water partition coefficient (Wildman–Crippen LogP) is 2.60. The van der Waals surface area contributed by atoms with Crippen molar-refractivity contribution in [3.63, 3.8) is 0 Å². The molecule has 22 heavy (non-hydrogen) atoms. The topological polar surface area (TPSA) is 67.4 Å². The smallest absolute Gasteiger partial charge is 0.407 e. The highest BCUT2D eigenvalue weighted by Gasteiger charge is 2.12. The summed E-state index contributed by atoms with van der Waals surface area (Å²) in [6, 6.07) is 10.1. The fraction of sp³-hybridized carbons (Fsp3) is 0.412. The maximum absolute atomic E-state index is 11.4. The van der Waals surface area contributed by atoms with Crippen molar-refractivity contribution in [2.75, 3.05) is 19.7 Å². The SMILES string of the molecule is C=CCOC(=O)NCC[C@@H](CCNC(C)=O)c1ccccc1. The normalized spacial score (nSPS) is 11.3. The number of rotatable bonds is 9. The van der Waals surface area contributed by atoms with Gasteiger partial charge in [-0.1, -0.05) is 43.0 Å². The van der Waals surface area contributed by atoms with E-state index in [-0.39, 0.29) is 18.4 Å². The zero-order valence-corrected chi connectivity index (χ0v) is 13.0. The molecule has 1 rings (SSSR count). The highest BCUT2D eigenvalue weighted by atomic mass is 16.5. The van der Waals surface area contributed by atoms with E-state index >= 15 is 0 Å². The molecule has 0 radical (unpaired) electrons. The van der Waals surface area contributed by atoms with Crippen LogP contribution in [-0.2, 0) is 9.53 Å². The minimum absolute atomic E-state index is 0.0297. The van der Waals surface area contributed by atoms with Gasteiger partial charge in [0.2, 0.25) is 5.91 Å². The zero-order chi connectivity index (χ0) is 16.2. The van der Waals surface area contributed by atoms with Gasteiger partial charge in [0.05, 0.1) is 0 Å². The van der Waals surface area contributed by atoms with Crippen molar-refractivity contribution >= 4 is 12.0 Å². The maximum Gasteiger partial charge on any atom is 0.407 e. The van der Waals surface area contributed by atoms with E-state index < -0.39 is 6.09 Å². The number of nitrogens with one attached hydrogen (secondary N) is 2. The molecule has 0 bridgehead atoms. The molecule has 0 unspecified atom stereocenters. The van der Waals surface area contributed by atoms with Crippen LogP contribution in [0.4, 0.5) is 4.79 Å². The lowest BCUT2D eigenvalue weighted by Crippen LogP contribution is -2.27. The number of alkyl carbamates (subject to hydrolysis) is 1. The van der Waals surface area contributed by atoms with Crippen LogP contribution in [0.1, 0.15) is 31.2 Å². The minimum atomic E-state index is -0.437. The van der Waals surface area contributed by atoms with Gasteiger partial charge >= 0.3 is 6.09 Å². The molecular formula is C17H24N2O3. The van der Waals surface area contributed by atoms with Gasteiger partial charge in [0, 0.05) is 20.0 Å². The molecule has 2 amide bonds. The first-order chi connectivity index (χ1) is 10.6. The summed E-state index contributed by atoms with van der Waals surface area (Å²) in [7, 11) is 0. The Morgan fingerprint density at radius 1 is 1.18 bits per heavy atom. The predicted molar refractivity (Wildman–Crippen MR) is 86.6 cm³/mol. The molecule has 0 spiro atoms. The van der Waals surface area contributed by atoms with Gasteiger partial charge in [-0.05, 0) is 24.3 Å². The second-order valence-corrected chi connectivity index (χ2v) is 4.98. The van der Waals surface area contributed by atoms with Crippen LogP contribution in [0.3, 0.4) is 0 Å². The van der Waals surface area contributed by atoms with E-state index in [1.54, 1.807) is 0 Å². The molecule has 0 aliphatic rings. The second-order valence-electron chi connectivity index (χ2n) is 4.98. The molecule has 5 heteroatoms. The monoisotopic (exact) mass is 304 g/mol. The maximum atomic E-state index is 11.4. The summed E-state index contributed by atoms with van der Waals surface area (Å²) >= 11 is 0. The molecule has 0 aliphatic carbocycles. The summed E-state index contributed by atoms with van der Waals surface area (Å²) in [5.41, 5.74) is 1.20. The number of amides is 2. The lowest BCUT2D eigenvalue weighted by molar-refractivity contribution is -0.118. The van der Waals surface area contributed by atoms with Crippen LogP contribution < -0.4 is 10.6 Å². The quantitative estimate of drug-likeness (QED) is 0.689. The highest BCUT2D eigenvalue weighted by Crippen LogP contribution is 2.22. The molecule has 120 valence electrons. The lowest BCUT2D eigenvalue weighted by Gasteiger charge is -2.18. The van der Waals surface area contributed by atoms with Gasteiger partial charge in [-0.25, -0.2) is 4.79 Å². The van der Waals surface area contributed by atoms with Gasteiger partial charge in [0.25, 0.3) is 0 Å². The summed E-state index contributed by atoms with van der Waals surface area (Å²) in [5, 5.41) is 5.53. The van der Waals surface area contributed by atoms with Gasteiger partial charge in [0.15, 0.2) is 0 Å². The van der Waals surface area contributed by atoms with Crippen molar-refractivity contribution in [2.24, 2.45) is 0 Å². The van der Waals surface area contributed by atoms with Crippen LogP contribution in [0.15, 0.2) is 43.0 Å². The molecule has 5 nitrogen and oxygen atoms in total. The molecule has 0 saturated carbocycles. The van der Waals surface area contributed by atoms with E-state index in [0.717, 1.165) is 12.8 Å². The van der Waals surface area contributed by atoms with Gasteiger partial charge in [0.1, 0.15) is 6.61 Å². The van der Waals surface area contributed by atoms with Crippen molar-refractivity contribution in [1.82, 2.24) is 10.6 Å². The number of hydrogen-bond donors (Lipinski definition) is 2. The van der Waals surface area contributed by atoms with Crippen LogP contribution in [0.25, 0.3) is 0 Å². The molecule has 1 aromatic rings. The van der Waals surface area contributed by atoms with E-state index in [4.69, 9.17) is 4.74 Å². The molecule has 1 atom stereocenters. The third-order valence-corrected chi connectivity index (χ3v) is 3.23. The van der Waals surface area contributed by atoms with Crippen LogP contribution in [0.2, 0.25) is 0 Å². The fourth-order valence-corrected chi connectivity index (χ4v) is 2.16. The van der Waals surface area contributed by atoms with E-state index in [1.807, 2.05) is 18.2 Å². The summed E-state index contributed by atoms with van der Waals surface area (Å²) < 4.78 is 4.87. The number of benzene rings is 1. The number of carbonyl (C=O) groups is 2. The minimum Gasteiger partial charge on any atom is -0.445 e. The van der Waals surface area contributed by atoms with Crippen molar-refractivity contribution < 1.29 is 14.3 Å². The van der Waals surface area contributed by atoms with Crippen molar-refractivity contribution in [2.45, 2.75) is 25.7 Å². The second kappa shape index (κ2) is 10.4. The van der Waals surface area contributed by atoms with Crippen LogP contribution in [0.5, 0.6) is 0 Å². The average molecular weight is 304 g/mol. The van der Waals surface area contributed by atoms with Gasteiger partial charge in [-0.2, -0.15) is 0 Å². The largest absolute Gasteiger partial charge is 0.445 e. The molecule has 0 saturated heterocycles. The van der Waals surface area contributed by atoms with Crippen LogP contribution in [-0.4, -0.2) is 31.7 Å². The molecular weight excluding hydrogens is 280 g/mol. The Labute approximate surface area is 131 Å². The summed E-state index contributed by atoms with van der Waals surface area (Å²) in [5.74, 6) is 0.241. The van der Waals surface area contributed by atoms with E-state index in [2.05, 4.69) is 29.3 Å². The molecule has 0 aliphatic heterocycles. The Morgan fingerprint density at radius 2 is 1.82 bits per heavy atom. The molecule has 2 N–H and O–H groups in total. The molecule has 0 fully saturated rings. The van der Waals surface area contributed by atoms with Gasteiger partial charge in [-0.3, -0.25) is 4.79 Å². The summed E-state index contributed by atoms with van der Waals surface area (Å²) in [6.45, 7) is 6.35. The van der Waals surface area contributed by atoms with E-state index in [1.165, 1.54) is 18.6 Å². The first-order valence-electron chi connectivity index (χ1n) is 7.44. The molecule has 1 aromatic carbocycles. The Hall–Kier alpha value is -2.30. The van der Waals surface area contributed by atoms with Gasteiger partial charge < -0.3 is 15.4 Å². The Balaban J connectivity index is 2.46. The average Bonchev–Trinajstić information content (AvgIpc) is 2.52. The summed E-state index contributed by atoms with van der Waals surface area (Å²) in [6.07, 6.45) is 2.70. The summed E-state index contributed by atoms with van der Waals surface area (Å²) in [4.78, 5) is 22.4. The Morgan fingerprint density at radius 3 is 2.41 bits per heavy atom. The van der Waals surface area contributed by atoms with Crippen LogP contribution >= 0.6 is 0 Å². The van der Waals surface area contributed by atoms with Crippen molar-refractivity contribution in [1.29, 1.82) is 0 Å². The van der Waals surface area contributed by atoms with Gasteiger partial charge in [-0.15, -0.1) is 0 Å². The highest BCUT2D eigenvalue weighted by molar-refractivity contribution is 5.72. The Bertz CT molecular complexity index is 474. The fourth-order valence-electron chi connectivity index (χ4n) is 2.16. The Kier molecular flexibility index (Phi) is 8.42. The standard InChI is InChI=1S/C17H24N2O3/c1-3-13-22-17(21)19-12-10-16(9-11-18-14(2)20)15-7-5-4-6-8-15/h3-8,16H,1,9-13H2,2H3,(H,18,20)(H,19,21)/t16-/m1/s1. The molecule has 0 heterocycles. The van der Waals surface area contributed by atoms with E-state index in [0.29, 0.717) is 13.1 Å². The van der Waals surface area contributed by atoms with Crippen molar-refractivity contribution in [3.8, 4) is 0 Å². The van der Waals surface area contributed by atoms with Crippen molar-refractivity contribution in [3.05, 3.63) is 48.6 Å². The van der Waals surface area contributed by atoms with Crippen LogP contribution in [0, 0.1) is 0 Å². The lowest BCUT2D eigenvalue weighted by atomic mass is 9.92. The third kappa shape index (κ3) is 7.47. The third-order valence-electron chi connectivity index (χ3n) is 3.23. The zero-order valence-electron chi connectivity index (χ0n) is 13.0. The number of carbonyl (C=O) groups excluding carboxylic acids is 2. The number of hydrogen-bond acceptors (Lipinski definition) is 3. The number of ether oxygens (including phenoxy) is 1. The first kappa shape index (κ1) is 17.8. The van der Waals surface area contributed by atoms with E-state index in [9.17, 15) is 9.59 Å². The first-order valence-corrected chi connectivity index (χ1v) is 7.44.